The first kappa shape index (κ1) is 10.7. The van der Waals surface area contributed by atoms with Crippen LogP contribution in [0.1, 0.15) is 24.9 Å². The quantitative estimate of drug-likeness (QED) is 0.739. The molecular weight excluding hydrogens is 206 g/mol. The van der Waals surface area contributed by atoms with Crippen molar-refractivity contribution < 1.29 is 19.5 Å². The van der Waals surface area contributed by atoms with Gasteiger partial charge in [0.1, 0.15) is 4.88 Å². The predicted molar refractivity (Wildman–Crippen MR) is 50.5 cm³/mol. The molecule has 1 heterocycles. The fraction of sp³-hybridized carbons (Fsp3) is 0.250. The van der Waals surface area contributed by atoms with Gasteiger partial charge in [0.2, 0.25) is 0 Å². The van der Waals surface area contributed by atoms with Crippen molar-refractivity contribution >= 4 is 23.2 Å². The second-order valence-corrected chi connectivity index (χ2v) is 3.80. The summed E-state index contributed by atoms with van der Waals surface area (Å²) in [7, 11) is 1.29. The summed E-state index contributed by atoms with van der Waals surface area (Å²) in [5.74, 6) is -1.65. The Balaban J connectivity index is 3.06. The molecule has 0 spiro atoms. The van der Waals surface area contributed by atoms with Crippen LogP contribution in [-0.4, -0.2) is 24.1 Å². The van der Waals surface area contributed by atoms with Gasteiger partial charge in [-0.25, -0.2) is 10.3 Å². The van der Waals surface area contributed by atoms with Crippen LogP contribution < -0.4 is 5.48 Å². The standard InChI is InChI=1S/C8H9NO4S/c1-4-3-5(8(11)12)6(14-4)7(10)9-13-2/h3H,1-2H3,(H,9,10)(H,11,12). The molecular formula is C8H9NO4S. The van der Waals surface area contributed by atoms with Crippen LogP contribution in [0.2, 0.25) is 0 Å². The van der Waals surface area contributed by atoms with E-state index in [0.29, 0.717) is 0 Å². The lowest BCUT2D eigenvalue weighted by Gasteiger charge is -1.99. The molecule has 0 unspecified atom stereocenters. The Bertz CT molecular complexity index is 371. The van der Waals surface area contributed by atoms with Gasteiger partial charge in [0, 0.05) is 4.88 Å². The maximum Gasteiger partial charge on any atom is 0.337 e. The average Bonchev–Trinajstić information content (AvgIpc) is 2.48. The minimum atomic E-state index is -1.12. The van der Waals surface area contributed by atoms with E-state index in [4.69, 9.17) is 5.11 Å². The number of hydroxylamine groups is 1. The summed E-state index contributed by atoms with van der Waals surface area (Å²) in [5.41, 5.74) is 2.08. The molecule has 0 aliphatic rings. The smallest absolute Gasteiger partial charge is 0.337 e. The molecule has 1 rings (SSSR count). The molecule has 0 aromatic carbocycles. The molecule has 0 atom stereocenters. The number of hydrogen-bond donors (Lipinski definition) is 2. The molecule has 14 heavy (non-hydrogen) atoms. The van der Waals surface area contributed by atoms with Crippen molar-refractivity contribution in [3.05, 3.63) is 21.4 Å². The lowest BCUT2D eigenvalue weighted by molar-refractivity contribution is 0.0533. The zero-order valence-corrected chi connectivity index (χ0v) is 8.47. The summed E-state index contributed by atoms with van der Waals surface area (Å²) in [6.07, 6.45) is 0. The summed E-state index contributed by atoms with van der Waals surface area (Å²) in [6.45, 7) is 1.74. The van der Waals surface area contributed by atoms with Crippen LogP contribution in [-0.2, 0) is 4.84 Å². The maximum absolute atomic E-state index is 11.3. The molecule has 0 aliphatic carbocycles. The SMILES string of the molecule is CONC(=O)c1sc(C)cc1C(=O)O. The van der Waals surface area contributed by atoms with Gasteiger partial charge >= 0.3 is 5.97 Å². The van der Waals surface area contributed by atoms with Gasteiger partial charge in [-0.1, -0.05) is 0 Å². The van der Waals surface area contributed by atoms with Crippen LogP contribution >= 0.6 is 11.3 Å². The highest BCUT2D eigenvalue weighted by Crippen LogP contribution is 2.21. The second-order valence-electron chi connectivity index (χ2n) is 2.54. The van der Waals surface area contributed by atoms with Crippen LogP contribution in [0.15, 0.2) is 6.07 Å². The van der Waals surface area contributed by atoms with Crippen molar-refractivity contribution in [2.45, 2.75) is 6.92 Å². The number of hydrogen-bond acceptors (Lipinski definition) is 4. The zero-order chi connectivity index (χ0) is 10.7. The molecule has 0 saturated heterocycles. The molecule has 0 aliphatic heterocycles. The number of carboxylic acid groups (broad SMARTS) is 1. The molecule has 2 N–H and O–H groups in total. The van der Waals surface area contributed by atoms with Crippen molar-refractivity contribution in [2.24, 2.45) is 0 Å². The molecule has 76 valence electrons. The van der Waals surface area contributed by atoms with Gasteiger partial charge in [-0.05, 0) is 13.0 Å². The van der Waals surface area contributed by atoms with E-state index in [9.17, 15) is 9.59 Å². The summed E-state index contributed by atoms with van der Waals surface area (Å²) >= 11 is 1.12. The Morgan fingerprint density at radius 3 is 2.71 bits per heavy atom. The molecule has 0 saturated carbocycles. The highest BCUT2D eigenvalue weighted by molar-refractivity contribution is 7.14. The van der Waals surface area contributed by atoms with E-state index in [2.05, 4.69) is 10.3 Å². The third-order valence-electron chi connectivity index (χ3n) is 1.49. The van der Waals surface area contributed by atoms with E-state index in [-0.39, 0.29) is 10.4 Å². The van der Waals surface area contributed by atoms with Crippen LogP contribution in [0, 0.1) is 6.92 Å². The number of aromatic carboxylic acids is 1. The fourth-order valence-electron chi connectivity index (χ4n) is 0.981. The zero-order valence-electron chi connectivity index (χ0n) is 7.66. The van der Waals surface area contributed by atoms with Crippen LogP contribution in [0.3, 0.4) is 0 Å². The normalized spacial score (nSPS) is 9.86. The molecule has 1 aromatic rings. The van der Waals surface area contributed by atoms with Gasteiger partial charge in [-0.3, -0.25) is 9.63 Å². The van der Waals surface area contributed by atoms with Gasteiger partial charge in [-0.15, -0.1) is 11.3 Å². The lowest BCUT2D eigenvalue weighted by Crippen LogP contribution is -2.22. The summed E-state index contributed by atoms with van der Waals surface area (Å²) in [6, 6.07) is 1.46. The van der Waals surface area contributed by atoms with Crippen molar-refractivity contribution in [1.29, 1.82) is 0 Å². The summed E-state index contributed by atoms with van der Waals surface area (Å²) in [5, 5.41) is 8.78. The van der Waals surface area contributed by atoms with Gasteiger partial charge in [0.05, 0.1) is 12.7 Å². The Hall–Kier alpha value is -1.40. The molecule has 6 heteroatoms. The molecule has 0 bridgehead atoms. The highest BCUT2D eigenvalue weighted by Gasteiger charge is 2.19. The van der Waals surface area contributed by atoms with Crippen molar-refractivity contribution in [2.75, 3.05) is 7.11 Å². The predicted octanol–water partition coefficient (Wildman–Crippen LogP) is 1.05. The van der Waals surface area contributed by atoms with Crippen LogP contribution in [0.4, 0.5) is 0 Å². The Morgan fingerprint density at radius 2 is 2.21 bits per heavy atom. The van der Waals surface area contributed by atoms with E-state index in [0.717, 1.165) is 16.2 Å². The van der Waals surface area contributed by atoms with Gasteiger partial charge in [-0.2, -0.15) is 0 Å². The number of carboxylic acids is 1. The third kappa shape index (κ3) is 2.09. The lowest BCUT2D eigenvalue weighted by atomic mass is 10.2. The minimum absolute atomic E-state index is 0.00190. The Kier molecular flexibility index (Phi) is 3.21. The monoisotopic (exact) mass is 215 g/mol. The summed E-state index contributed by atoms with van der Waals surface area (Å²) < 4.78 is 0. The molecule has 0 radical (unpaired) electrons. The van der Waals surface area contributed by atoms with Gasteiger partial charge < -0.3 is 5.11 Å². The van der Waals surface area contributed by atoms with Gasteiger partial charge in [0.15, 0.2) is 0 Å². The highest BCUT2D eigenvalue weighted by atomic mass is 32.1. The molecule has 0 fully saturated rings. The second kappa shape index (κ2) is 4.21. The minimum Gasteiger partial charge on any atom is -0.478 e. The number of thiophene rings is 1. The van der Waals surface area contributed by atoms with Crippen molar-refractivity contribution in [3.8, 4) is 0 Å². The summed E-state index contributed by atoms with van der Waals surface area (Å²) in [4.78, 5) is 27.4. The average molecular weight is 215 g/mol. The first-order valence-corrected chi connectivity index (χ1v) is 4.55. The number of rotatable bonds is 3. The number of aryl methyl sites for hydroxylation is 1. The Morgan fingerprint density at radius 1 is 1.57 bits per heavy atom. The molecule has 1 amide bonds. The van der Waals surface area contributed by atoms with Crippen molar-refractivity contribution in [3.63, 3.8) is 0 Å². The van der Waals surface area contributed by atoms with E-state index in [1.54, 1.807) is 6.92 Å². The number of nitrogens with one attached hydrogen (secondary N) is 1. The van der Waals surface area contributed by atoms with E-state index < -0.39 is 11.9 Å². The largest absolute Gasteiger partial charge is 0.478 e. The van der Waals surface area contributed by atoms with Gasteiger partial charge in [0.25, 0.3) is 5.91 Å². The van der Waals surface area contributed by atoms with E-state index >= 15 is 0 Å². The molecule has 1 aromatic heterocycles. The van der Waals surface area contributed by atoms with E-state index in [1.807, 2.05) is 0 Å². The van der Waals surface area contributed by atoms with Crippen LogP contribution in [0.5, 0.6) is 0 Å². The number of amides is 1. The van der Waals surface area contributed by atoms with Crippen molar-refractivity contribution in [1.82, 2.24) is 5.48 Å². The topological polar surface area (TPSA) is 75.6 Å². The first-order chi connectivity index (χ1) is 6.56. The third-order valence-corrected chi connectivity index (χ3v) is 2.54. The number of carbonyl (C=O) groups is 2. The molecule has 5 nitrogen and oxygen atoms in total. The number of carbonyl (C=O) groups excluding carboxylic acids is 1. The fourth-order valence-corrected chi connectivity index (χ4v) is 1.87. The first-order valence-electron chi connectivity index (χ1n) is 3.73. The van der Waals surface area contributed by atoms with Crippen LogP contribution in [0.25, 0.3) is 0 Å². The maximum atomic E-state index is 11.3. The van der Waals surface area contributed by atoms with E-state index in [1.165, 1.54) is 13.2 Å². The Labute approximate surface area is 84.3 Å².